The van der Waals surface area contributed by atoms with Gasteiger partial charge in [-0.05, 0) is 128 Å². The molecule has 8 heteroatoms. The summed E-state index contributed by atoms with van der Waals surface area (Å²) in [5.74, 6) is 1.25. The average Bonchev–Trinajstić information content (AvgIpc) is 3.83. The van der Waals surface area contributed by atoms with Gasteiger partial charge in [-0.25, -0.2) is 15.0 Å². The number of ether oxygens (including phenoxy) is 1. The smallest absolute Gasteiger partial charge is 0.227 e. The molecule has 0 saturated carbocycles. The second-order valence-corrected chi connectivity index (χ2v) is 16.5. The third-order valence-corrected chi connectivity index (χ3v) is 12.2. The van der Waals surface area contributed by atoms with Crippen molar-refractivity contribution in [2.24, 2.45) is 0 Å². The van der Waals surface area contributed by atoms with E-state index in [-0.39, 0.29) is 6.10 Å². The van der Waals surface area contributed by atoms with Gasteiger partial charge in [0, 0.05) is 39.4 Å². The normalized spacial score (nSPS) is 12.4. The molecule has 2 N–H and O–H groups in total. The van der Waals surface area contributed by atoms with Gasteiger partial charge in [-0.3, -0.25) is 0 Å². The summed E-state index contributed by atoms with van der Waals surface area (Å²) >= 11 is 0. The molecule has 2 aromatic heterocycles. The van der Waals surface area contributed by atoms with E-state index >= 15 is 0 Å². The van der Waals surface area contributed by atoms with Gasteiger partial charge in [0.25, 0.3) is 0 Å². The molecule has 0 bridgehead atoms. The lowest BCUT2D eigenvalue weighted by Gasteiger charge is -2.30. The van der Waals surface area contributed by atoms with Gasteiger partial charge in [0.1, 0.15) is 17.4 Å². The van der Waals surface area contributed by atoms with Crippen molar-refractivity contribution in [1.82, 2.24) is 15.0 Å². The highest BCUT2D eigenvalue weighted by atomic mass is 16.5. The van der Waals surface area contributed by atoms with E-state index in [1.54, 1.807) is 0 Å². The van der Waals surface area contributed by atoms with Crippen LogP contribution in [0.1, 0.15) is 36.4 Å². The fourth-order valence-electron chi connectivity index (χ4n) is 8.83. The monoisotopic (exact) mass is 870 g/mol. The molecule has 1 aliphatic rings. The van der Waals surface area contributed by atoms with Crippen LogP contribution >= 0.6 is 0 Å². The molecule has 0 radical (unpaired) electrons. The molecule has 0 aliphatic heterocycles. The topological polar surface area (TPSA) is 93.5 Å². The van der Waals surface area contributed by atoms with Crippen molar-refractivity contribution in [3.63, 3.8) is 0 Å². The van der Waals surface area contributed by atoms with E-state index in [0.29, 0.717) is 17.3 Å². The number of anilines is 7. The largest absolute Gasteiger partial charge is 0.484 e. The Balaban J connectivity index is 1.04. The maximum absolute atomic E-state index is 6.33. The molecule has 8 aromatic carbocycles. The van der Waals surface area contributed by atoms with Gasteiger partial charge < -0.3 is 24.7 Å². The first-order valence-corrected chi connectivity index (χ1v) is 22.6. The number of nitrogens with zero attached hydrogens (tertiary/aromatic N) is 5. The number of allylic oxidation sites excluding steroid dienone is 1. The molecular weight excluding hydrogens is 825 g/mol. The van der Waals surface area contributed by atoms with Crippen LogP contribution in [-0.2, 0) is 6.42 Å². The van der Waals surface area contributed by atoms with Crippen LogP contribution in [-0.4, -0.2) is 15.0 Å². The number of para-hydroxylation sites is 8. The number of fused-ring (bicyclic) bond motifs is 2. The highest BCUT2D eigenvalue weighted by molar-refractivity contribution is 5.96. The van der Waals surface area contributed by atoms with Crippen LogP contribution in [0.15, 0.2) is 217 Å². The lowest BCUT2D eigenvalue weighted by Crippen LogP contribution is -2.14. The summed E-state index contributed by atoms with van der Waals surface area (Å²) in [7, 11) is 0. The van der Waals surface area contributed by atoms with Crippen LogP contribution in [0, 0.1) is 0 Å². The molecule has 0 fully saturated rings. The standard InChI is InChI=1S/C59H46N6O2/c1-40(66-55-30-16-10-24-49(55)60)41-32-36-45(37-33-41)64(43-18-4-2-5-19-43)53-28-14-8-22-47(53)57-58(62-51-26-12-11-25-50(51)61-57)48-23-9-15-29-54(48)65(44-20-6-3-7-21-44)46-38-34-42(35-39-46)59-63-52-27-13-17-31-56(52)67-59/h2-10,12-24,26-40H,11,25,60H2,1H3. The quantitative estimate of drug-likeness (QED) is 0.121. The SMILES string of the molecule is CC(Oc1ccccc1N)c1ccc(N(c2ccccc2)c2ccccc2-c2nc3c(nc2-c2ccccc2N(c2ccccc2)c2ccc(-c4nc5ccccc5o4)cc2)C=CCC3)cc1. The number of nitrogen functional groups attached to an aromatic ring is 1. The minimum Gasteiger partial charge on any atom is -0.484 e. The summed E-state index contributed by atoms with van der Waals surface area (Å²) in [5.41, 5.74) is 21.6. The van der Waals surface area contributed by atoms with Crippen molar-refractivity contribution in [3.05, 3.63) is 229 Å². The number of hydrogen-bond acceptors (Lipinski definition) is 8. The van der Waals surface area contributed by atoms with Gasteiger partial charge in [0.05, 0.1) is 39.8 Å². The average molecular weight is 871 g/mol. The fourth-order valence-corrected chi connectivity index (χ4v) is 8.83. The first-order valence-electron chi connectivity index (χ1n) is 22.6. The first-order chi connectivity index (χ1) is 33.1. The number of oxazole rings is 1. The van der Waals surface area contributed by atoms with Crippen molar-refractivity contribution in [2.75, 3.05) is 15.5 Å². The summed E-state index contributed by atoms with van der Waals surface area (Å²) in [6.07, 6.45) is 5.79. The minimum atomic E-state index is -0.222. The molecule has 10 aromatic rings. The van der Waals surface area contributed by atoms with Gasteiger partial charge in [-0.1, -0.05) is 115 Å². The third-order valence-electron chi connectivity index (χ3n) is 12.2. The van der Waals surface area contributed by atoms with Crippen LogP contribution in [0.2, 0.25) is 0 Å². The number of aryl methyl sites for hydroxylation is 1. The molecule has 0 saturated heterocycles. The molecule has 1 aliphatic carbocycles. The lowest BCUT2D eigenvalue weighted by atomic mass is 9.97. The zero-order valence-electron chi connectivity index (χ0n) is 36.9. The molecule has 11 rings (SSSR count). The van der Waals surface area contributed by atoms with Crippen molar-refractivity contribution in [2.45, 2.75) is 25.9 Å². The molecular formula is C59H46N6O2. The number of aromatic nitrogens is 3. The molecule has 0 amide bonds. The van der Waals surface area contributed by atoms with E-state index in [9.17, 15) is 0 Å². The Morgan fingerprint density at radius 3 is 1.72 bits per heavy atom. The van der Waals surface area contributed by atoms with Crippen LogP contribution in [0.4, 0.5) is 39.8 Å². The maximum Gasteiger partial charge on any atom is 0.227 e. The van der Waals surface area contributed by atoms with E-state index in [4.69, 9.17) is 29.8 Å². The molecule has 8 nitrogen and oxygen atoms in total. The van der Waals surface area contributed by atoms with E-state index < -0.39 is 0 Å². The van der Waals surface area contributed by atoms with E-state index in [0.717, 1.165) is 103 Å². The minimum absolute atomic E-state index is 0.222. The third kappa shape index (κ3) is 8.17. The molecule has 0 spiro atoms. The first kappa shape index (κ1) is 41.0. The Kier molecular flexibility index (Phi) is 11.0. The highest BCUT2D eigenvalue weighted by Crippen LogP contribution is 2.47. The van der Waals surface area contributed by atoms with Gasteiger partial charge in [0.2, 0.25) is 5.89 Å². The molecule has 324 valence electrons. The zero-order valence-corrected chi connectivity index (χ0v) is 36.9. The Morgan fingerprint density at radius 2 is 1.07 bits per heavy atom. The van der Waals surface area contributed by atoms with Crippen molar-refractivity contribution >= 4 is 57.0 Å². The van der Waals surface area contributed by atoms with Crippen LogP contribution in [0.3, 0.4) is 0 Å². The molecule has 1 atom stereocenters. The Morgan fingerprint density at radius 1 is 0.537 bits per heavy atom. The number of rotatable bonds is 12. The van der Waals surface area contributed by atoms with Gasteiger partial charge >= 0.3 is 0 Å². The van der Waals surface area contributed by atoms with Crippen molar-refractivity contribution in [1.29, 1.82) is 0 Å². The molecule has 1 unspecified atom stereocenters. The van der Waals surface area contributed by atoms with Gasteiger partial charge in [-0.15, -0.1) is 0 Å². The van der Waals surface area contributed by atoms with E-state index in [1.165, 1.54) is 0 Å². The lowest BCUT2D eigenvalue weighted by molar-refractivity contribution is 0.228. The second kappa shape index (κ2) is 18.0. The Bertz CT molecular complexity index is 3340. The van der Waals surface area contributed by atoms with Crippen molar-refractivity contribution < 1.29 is 9.15 Å². The Labute approximate surface area is 389 Å². The fraction of sp³-hybridized carbons (Fsp3) is 0.0678. The van der Waals surface area contributed by atoms with Gasteiger partial charge in [0.15, 0.2) is 5.58 Å². The molecule has 2 heterocycles. The predicted molar refractivity (Wildman–Crippen MR) is 273 cm³/mol. The zero-order chi connectivity index (χ0) is 45.1. The summed E-state index contributed by atoms with van der Waals surface area (Å²) in [6, 6.07) is 70.3. The number of nitrogens with two attached hydrogens (primary N) is 1. The van der Waals surface area contributed by atoms with E-state index in [1.807, 2.05) is 67.6 Å². The number of benzene rings is 8. The van der Waals surface area contributed by atoms with Crippen molar-refractivity contribution in [3.8, 4) is 39.7 Å². The summed E-state index contributed by atoms with van der Waals surface area (Å²) < 4.78 is 12.5. The molecule has 67 heavy (non-hydrogen) atoms. The van der Waals surface area contributed by atoms with Crippen LogP contribution < -0.4 is 20.3 Å². The van der Waals surface area contributed by atoms with Crippen LogP contribution in [0.5, 0.6) is 5.75 Å². The summed E-state index contributed by atoms with van der Waals surface area (Å²) in [6.45, 7) is 2.04. The second-order valence-electron chi connectivity index (χ2n) is 16.5. The summed E-state index contributed by atoms with van der Waals surface area (Å²) in [4.78, 5) is 20.5. The van der Waals surface area contributed by atoms with E-state index in [2.05, 4.69) is 168 Å². The summed E-state index contributed by atoms with van der Waals surface area (Å²) in [5, 5.41) is 0. The predicted octanol–water partition coefficient (Wildman–Crippen LogP) is 15.2. The maximum atomic E-state index is 6.33. The van der Waals surface area contributed by atoms with Crippen LogP contribution in [0.25, 0.3) is 51.1 Å². The number of hydrogen-bond donors (Lipinski definition) is 1. The van der Waals surface area contributed by atoms with Gasteiger partial charge in [-0.2, -0.15) is 0 Å². The highest BCUT2D eigenvalue weighted by Gasteiger charge is 2.26. The Hall–Kier alpha value is -8.75.